The molecular weight excluding hydrogens is 297 g/mol. The Labute approximate surface area is 116 Å². The van der Waals surface area contributed by atoms with Gasteiger partial charge in [0, 0.05) is 24.7 Å². The van der Waals surface area contributed by atoms with Crippen LogP contribution >= 0.6 is 0 Å². The second-order valence-corrected chi connectivity index (χ2v) is 6.14. The van der Waals surface area contributed by atoms with Gasteiger partial charge in [0.2, 0.25) is 17.3 Å². The number of nitrogens with one attached hydrogen (secondary N) is 1. The predicted octanol–water partition coefficient (Wildman–Crippen LogP) is 1.17. The summed E-state index contributed by atoms with van der Waals surface area (Å²) in [7, 11) is -2.85. The van der Waals surface area contributed by atoms with E-state index >= 15 is 0 Å². The van der Waals surface area contributed by atoms with Crippen molar-refractivity contribution in [3.8, 4) is 0 Å². The molecular formula is C11H19F3N2O3S. The van der Waals surface area contributed by atoms with Gasteiger partial charge in [0.15, 0.2) is 0 Å². The molecule has 0 radical (unpaired) electrons. The van der Waals surface area contributed by atoms with Gasteiger partial charge < -0.3 is 5.73 Å². The molecule has 2 atom stereocenters. The third-order valence-electron chi connectivity index (χ3n) is 2.86. The molecule has 0 spiro atoms. The topological polar surface area (TPSA) is 89.3 Å². The first-order valence-corrected chi connectivity index (χ1v) is 7.36. The molecule has 0 heterocycles. The fourth-order valence-corrected chi connectivity index (χ4v) is 2.70. The monoisotopic (exact) mass is 316 g/mol. The molecule has 0 aromatic rings. The third-order valence-corrected chi connectivity index (χ3v) is 4.70. The Kier molecular flexibility index (Phi) is 6.69. The van der Waals surface area contributed by atoms with Gasteiger partial charge >= 0.3 is 0 Å². The van der Waals surface area contributed by atoms with Crippen molar-refractivity contribution in [2.45, 2.75) is 30.7 Å². The van der Waals surface area contributed by atoms with Crippen molar-refractivity contribution in [3.05, 3.63) is 13.2 Å². The molecule has 20 heavy (non-hydrogen) atoms. The highest BCUT2D eigenvalue weighted by Gasteiger charge is 2.58. The first-order valence-electron chi connectivity index (χ1n) is 5.88. The highest BCUT2D eigenvalue weighted by atomic mass is 32.2. The van der Waals surface area contributed by atoms with Crippen LogP contribution in [0.1, 0.15) is 19.3 Å². The molecule has 9 heteroatoms. The van der Waals surface area contributed by atoms with Crippen molar-refractivity contribution in [1.29, 1.82) is 0 Å². The van der Waals surface area contributed by atoms with Gasteiger partial charge in [-0.25, -0.2) is 21.6 Å². The van der Waals surface area contributed by atoms with Gasteiger partial charge in [-0.05, 0) is 13.5 Å². The van der Waals surface area contributed by atoms with Gasteiger partial charge in [-0.15, -0.1) is 13.2 Å². The zero-order valence-corrected chi connectivity index (χ0v) is 11.9. The van der Waals surface area contributed by atoms with E-state index in [0.717, 1.165) is 0 Å². The lowest BCUT2D eigenvalue weighted by atomic mass is 10.3. The van der Waals surface area contributed by atoms with E-state index in [-0.39, 0.29) is 19.3 Å². The Morgan fingerprint density at radius 2 is 1.80 bits per heavy atom. The van der Waals surface area contributed by atoms with Gasteiger partial charge in [0.25, 0.3) is 10.0 Å². The van der Waals surface area contributed by atoms with Gasteiger partial charge in [0.05, 0.1) is 0 Å². The second kappa shape index (κ2) is 7.07. The summed E-state index contributed by atoms with van der Waals surface area (Å²) >= 11 is 0. The summed E-state index contributed by atoms with van der Waals surface area (Å²) in [6.45, 7) is 6.00. The van der Waals surface area contributed by atoms with Crippen molar-refractivity contribution in [2.24, 2.45) is 17.6 Å². The van der Waals surface area contributed by atoms with E-state index in [1.807, 2.05) is 0 Å². The molecule has 0 bridgehead atoms. The van der Waals surface area contributed by atoms with E-state index in [9.17, 15) is 26.4 Å². The minimum Gasteiger partial charge on any atom is -0.333 e. The van der Waals surface area contributed by atoms with Crippen molar-refractivity contribution in [1.82, 2.24) is 4.72 Å². The molecule has 0 aliphatic heterocycles. The number of rotatable bonds is 4. The fraction of sp³-hybridized carbons (Fsp3) is 0.727. The number of sulfonamides is 1. The Morgan fingerprint density at radius 1 is 1.35 bits per heavy atom. The lowest BCUT2D eigenvalue weighted by Gasteiger charge is -2.08. The van der Waals surface area contributed by atoms with Gasteiger partial charge in [0.1, 0.15) is 0 Å². The van der Waals surface area contributed by atoms with Crippen LogP contribution < -0.4 is 10.5 Å². The van der Waals surface area contributed by atoms with E-state index in [1.165, 1.54) is 11.8 Å². The molecule has 0 aromatic heterocycles. The summed E-state index contributed by atoms with van der Waals surface area (Å²) in [5.41, 5.74) is 4.50. The summed E-state index contributed by atoms with van der Waals surface area (Å²) < 4.78 is 61.4. The molecule has 3 N–H and O–H groups in total. The highest BCUT2D eigenvalue weighted by Crippen LogP contribution is 2.46. The molecule has 118 valence electrons. The maximum Gasteiger partial charge on any atom is 0.270 e. The van der Waals surface area contributed by atoms with Crippen LogP contribution in [-0.2, 0) is 14.8 Å². The zero-order valence-electron chi connectivity index (χ0n) is 11.1. The van der Waals surface area contributed by atoms with E-state index < -0.39 is 39.2 Å². The molecule has 0 aromatic carbocycles. The summed E-state index contributed by atoms with van der Waals surface area (Å²) in [4.78, 5) is 11.2. The number of hydrogen-bond donors (Lipinski definition) is 2. The summed E-state index contributed by atoms with van der Waals surface area (Å²) in [6.07, 6.45) is -2.99. The minimum atomic E-state index is -4.35. The molecule has 2 saturated carbocycles. The first-order chi connectivity index (χ1) is 9.27. The smallest absolute Gasteiger partial charge is 0.270 e. The average molecular weight is 316 g/mol. The Balaban J connectivity index is 0.000000829. The second-order valence-electron chi connectivity index (χ2n) is 4.19. The molecule has 0 saturated heterocycles. The molecule has 1 unspecified atom stereocenters. The SMILES string of the molecule is C=C.CN.O=C(NS(=O)(=O)C1(F)CC1)[C@H]1CC1C(F)F. The van der Waals surface area contributed by atoms with Gasteiger partial charge in [-0.1, -0.05) is 0 Å². The highest BCUT2D eigenvalue weighted by molar-refractivity contribution is 7.91. The maximum absolute atomic E-state index is 13.2. The number of carbonyl (C=O) groups is 1. The molecule has 2 fully saturated rings. The van der Waals surface area contributed by atoms with Crippen LogP contribution in [0.15, 0.2) is 13.2 Å². The number of amides is 1. The van der Waals surface area contributed by atoms with Crippen molar-refractivity contribution < 1.29 is 26.4 Å². The van der Waals surface area contributed by atoms with E-state index in [4.69, 9.17) is 0 Å². The van der Waals surface area contributed by atoms with E-state index in [2.05, 4.69) is 18.9 Å². The van der Waals surface area contributed by atoms with Crippen molar-refractivity contribution in [3.63, 3.8) is 0 Å². The van der Waals surface area contributed by atoms with Crippen LogP contribution in [0.5, 0.6) is 0 Å². The number of nitrogens with two attached hydrogens (primary N) is 1. The first kappa shape index (κ1) is 18.9. The maximum atomic E-state index is 13.2. The largest absolute Gasteiger partial charge is 0.333 e. The van der Waals surface area contributed by atoms with Crippen molar-refractivity contribution >= 4 is 15.9 Å². The van der Waals surface area contributed by atoms with Gasteiger partial charge in [-0.3, -0.25) is 9.52 Å². The van der Waals surface area contributed by atoms with Gasteiger partial charge in [-0.2, -0.15) is 0 Å². The third kappa shape index (κ3) is 4.20. The number of alkyl halides is 3. The normalized spacial score (nSPS) is 25.5. The van der Waals surface area contributed by atoms with Crippen LogP contribution in [0.4, 0.5) is 13.2 Å². The average Bonchev–Trinajstić information content (AvgIpc) is 3.27. The number of halogens is 3. The molecule has 5 nitrogen and oxygen atoms in total. The lowest BCUT2D eigenvalue weighted by Crippen LogP contribution is -2.39. The van der Waals surface area contributed by atoms with Crippen LogP contribution in [0.25, 0.3) is 0 Å². The van der Waals surface area contributed by atoms with Crippen LogP contribution in [-0.4, -0.2) is 32.8 Å². The van der Waals surface area contributed by atoms with Crippen molar-refractivity contribution in [2.75, 3.05) is 7.05 Å². The summed E-state index contributed by atoms with van der Waals surface area (Å²) in [6, 6.07) is 0. The molecule has 2 aliphatic rings. The number of carbonyl (C=O) groups excluding carboxylic acids is 1. The fourth-order valence-electron chi connectivity index (χ4n) is 1.46. The molecule has 2 aliphatic carbocycles. The van der Waals surface area contributed by atoms with Crippen LogP contribution in [0.2, 0.25) is 0 Å². The number of hydrogen-bond acceptors (Lipinski definition) is 4. The van der Waals surface area contributed by atoms with Crippen LogP contribution in [0.3, 0.4) is 0 Å². The minimum absolute atomic E-state index is 0.0433. The summed E-state index contributed by atoms with van der Waals surface area (Å²) in [5.74, 6) is -3.11. The Bertz CT molecular complexity index is 438. The quantitative estimate of drug-likeness (QED) is 0.762. The molecule has 2 rings (SSSR count). The summed E-state index contributed by atoms with van der Waals surface area (Å²) in [5, 5.41) is -2.38. The standard InChI is InChI=1S/C8H10F3NO3S.C2H4.CH5N/c9-6(10)4-3-5(4)7(13)12-16(14,15)8(11)1-2-8;2*1-2/h4-6H,1-3H2,(H,12,13);1-2H2;2H2,1H3/t4?,5-;;/m0../s1. The van der Waals surface area contributed by atoms with Crippen LogP contribution in [0, 0.1) is 11.8 Å². The zero-order chi connectivity index (χ0) is 16.1. The van der Waals surface area contributed by atoms with E-state index in [0.29, 0.717) is 0 Å². The lowest BCUT2D eigenvalue weighted by molar-refractivity contribution is -0.121. The molecule has 1 amide bonds. The van der Waals surface area contributed by atoms with E-state index in [1.54, 1.807) is 0 Å². The Hall–Kier alpha value is -1.09. The Morgan fingerprint density at radius 3 is 2.10 bits per heavy atom. The predicted molar refractivity (Wildman–Crippen MR) is 69.1 cm³/mol.